The van der Waals surface area contributed by atoms with Crippen molar-refractivity contribution in [3.05, 3.63) is 61.2 Å². The molecule has 1 unspecified atom stereocenters. The first kappa shape index (κ1) is 34.3. The van der Waals surface area contributed by atoms with Crippen LogP contribution in [0.25, 0.3) is 0 Å². The monoisotopic (exact) mass is 699 g/mol. The number of nitrogens with one attached hydrogen (secondary N) is 1. The standard InChI is InChI=1S/C35H46BrN3O7/c1-3-5-17-27(41)37-22-26(23-13-8-6-9-14-23)45-34(44)28-29-32(42)39(19-12-20-40)31(35(29)21-25(36)30(28)46-35)33(43)38(18-4-2)24-15-10-7-11-16-24/h3-4,6,8-9,13-14,24-26,28-31,40H,1-2,5,7,10-12,15-22H2,(H,37,41)/t25?,26-,28-,29+,30-,31-,35+/m0/s1. The normalized spacial score (nSPS) is 29.2. The van der Waals surface area contributed by atoms with Gasteiger partial charge < -0.3 is 29.7 Å². The molecule has 1 spiro atoms. The molecule has 5 rings (SSSR count). The lowest BCUT2D eigenvalue weighted by Crippen LogP contribution is -2.58. The molecule has 4 fully saturated rings. The van der Waals surface area contributed by atoms with E-state index in [-0.39, 0.29) is 54.7 Å². The van der Waals surface area contributed by atoms with Gasteiger partial charge in [-0.3, -0.25) is 19.2 Å². The van der Waals surface area contributed by atoms with Crippen molar-refractivity contribution in [1.82, 2.24) is 15.1 Å². The third-order valence-electron chi connectivity index (χ3n) is 9.97. The number of ether oxygens (including phenoxy) is 2. The summed E-state index contributed by atoms with van der Waals surface area (Å²) in [4.78, 5) is 58.6. The van der Waals surface area contributed by atoms with Crippen molar-refractivity contribution < 1.29 is 33.8 Å². The molecule has 46 heavy (non-hydrogen) atoms. The molecule has 3 heterocycles. The first-order chi connectivity index (χ1) is 22.3. The van der Waals surface area contributed by atoms with Crippen LogP contribution in [0.15, 0.2) is 55.6 Å². The molecule has 0 aromatic heterocycles. The van der Waals surface area contributed by atoms with Crippen molar-refractivity contribution in [2.75, 3.05) is 26.2 Å². The number of hydrogen-bond donors (Lipinski definition) is 2. The molecular formula is C35H46BrN3O7. The van der Waals surface area contributed by atoms with Gasteiger partial charge in [0.25, 0.3) is 0 Å². The first-order valence-electron chi connectivity index (χ1n) is 16.5. The Labute approximate surface area is 279 Å². The number of halogens is 1. The summed E-state index contributed by atoms with van der Waals surface area (Å²) in [6, 6.07) is 8.27. The Bertz CT molecular complexity index is 1290. The number of likely N-dealkylation sites (tertiary alicyclic amines) is 1. The van der Waals surface area contributed by atoms with Crippen molar-refractivity contribution in [1.29, 1.82) is 0 Å². The van der Waals surface area contributed by atoms with Crippen LogP contribution < -0.4 is 5.32 Å². The molecule has 3 amide bonds. The smallest absolute Gasteiger partial charge is 0.313 e. The summed E-state index contributed by atoms with van der Waals surface area (Å²) in [7, 11) is 0. The topological polar surface area (TPSA) is 125 Å². The summed E-state index contributed by atoms with van der Waals surface area (Å²) in [6.45, 7) is 8.00. The van der Waals surface area contributed by atoms with Crippen LogP contribution in [0.4, 0.5) is 0 Å². The Morgan fingerprint density at radius 1 is 1.17 bits per heavy atom. The molecule has 1 aliphatic carbocycles. The molecule has 4 aliphatic rings. The summed E-state index contributed by atoms with van der Waals surface area (Å²) in [5, 5.41) is 12.6. The van der Waals surface area contributed by atoms with E-state index in [1.807, 2.05) is 35.2 Å². The lowest BCUT2D eigenvalue weighted by molar-refractivity contribution is -0.160. The molecule has 10 nitrogen and oxygen atoms in total. The molecule has 3 aliphatic heterocycles. The van der Waals surface area contributed by atoms with Gasteiger partial charge in [0, 0.05) is 37.0 Å². The maximum Gasteiger partial charge on any atom is 0.313 e. The fraction of sp³-hybridized carbons (Fsp3) is 0.600. The van der Waals surface area contributed by atoms with Crippen LogP contribution in [0.5, 0.6) is 0 Å². The number of fused-ring (bicyclic) bond motifs is 1. The zero-order chi connectivity index (χ0) is 32.8. The van der Waals surface area contributed by atoms with Crippen LogP contribution >= 0.6 is 15.9 Å². The largest absolute Gasteiger partial charge is 0.455 e. The van der Waals surface area contributed by atoms with Gasteiger partial charge in [0.2, 0.25) is 17.7 Å². The van der Waals surface area contributed by atoms with Gasteiger partial charge in [-0.1, -0.05) is 77.7 Å². The fourth-order valence-corrected chi connectivity index (χ4v) is 8.85. The number of hydrogen-bond acceptors (Lipinski definition) is 7. The molecule has 250 valence electrons. The maximum atomic E-state index is 14.6. The van der Waals surface area contributed by atoms with Gasteiger partial charge in [0.05, 0.1) is 24.5 Å². The van der Waals surface area contributed by atoms with E-state index in [1.54, 1.807) is 12.2 Å². The van der Waals surface area contributed by atoms with E-state index >= 15 is 0 Å². The predicted molar refractivity (Wildman–Crippen MR) is 176 cm³/mol. The highest BCUT2D eigenvalue weighted by atomic mass is 79.9. The molecule has 1 aromatic carbocycles. The van der Waals surface area contributed by atoms with Gasteiger partial charge in [-0.05, 0) is 37.7 Å². The average Bonchev–Trinajstić information content (AvgIpc) is 3.66. The van der Waals surface area contributed by atoms with E-state index in [9.17, 15) is 24.3 Å². The number of benzene rings is 1. The minimum Gasteiger partial charge on any atom is -0.455 e. The summed E-state index contributed by atoms with van der Waals surface area (Å²) < 4.78 is 12.8. The quantitative estimate of drug-likeness (QED) is 0.162. The third kappa shape index (κ3) is 6.69. The molecule has 2 N–H and O–H groups in total. The number of aliphatic hydroxyl groups excluding tert-OH is 1. The van der Waals surface area contributed by atoms with Gasteiger partial charge in [-0.2, -0.15) is 0 Å². The highest BCUT2D eigenvalue weighted by molar-refractivity contribution is 9.09. The minimum atomic E-state index is -1.22. The number of amides is 3. The summed E-state index contributed by atoms with van der Waals surface area (Å²) >= 11 is 3.73. The second kappa shape index (κ2) is 15.3. The molecule has 3 saturated heterocycles. The van der Waals surface area contributed by atoms with E-state index < -0.39 is 41.7 Å². The molecular weight excluding hydrogens is 654 g/mol. The van der Waals surface area contributed by atoms with Crippen LogP contribution in [-0.2, 0) is 28.7 Å². The van der Waals surface area contributed by atoms with Gasteiger partial charge in [0.1, 0.15) is 17.7 Å². The molecule has 0 radical (unpaired) electrons. The fourth-order valence-electron chi connectivity index (χ4n) is 7.91. The molecule has 1 aromatic rings. The number of rotatable bonds is 15. The van der Waals surface area contributed by atoms with Crippen molar-refractivity contribution in [2.24, 2.45) is 11.8 Å². The van der Waals surface area contributed by atoms with E-state index in [0.29, 0.717) is 31.4 Å². The van der Waals surface area contributed by atoms with Gasteiger partial charge in [0.15, 0.2) is 0 Å². The van der Waals surface area contributed by atoms with Crippen molar-refractivity contribution in [2.45, 2.75) is 92.5 Å². The van der Waals surface area contributed by atoms with E-state index in [2.05, 4.69) is 34.4 Å². The molecule has 2 bridgehead atoms. The number of aliphatic hydroxyl groups is 1. The van der Waals surface area contributed by atoms with Crippen molar-refractivity contribution in [3.8, 4) is 0 Å². The van der Waals surface area contributed by atoms with Crippen LogP contribution in [0.2, 0.25) is 0 Å². The SMILES string of the molecule is C=CCCC(=O)NC[C@H](OC(=O)[C@@H]1[C@H]2O[C@@]3(CC2Br)[C@H](C(=O)N(CC=C)C2CCCCC2)N(CCCO)C(=O)[C@@H]13)c1ccccc1. The number of alkyl halides is 1. The first-order valence-corrected chi connectivity index (χ1v) is 17.5. The number of allylic oxidation sites excluding steroid dienone is 1. The molecule has 1 saturated carbocycles. The zero-order valence-corrected chi connectivity index (χ0v) is 27.9. The Morgan fingerprint density at radius 2 is 1.91 bits per heavy atom. The summed E-state index contributed by atoms with van der Waals surface area (Å²) in [5.74, 6) is -3.18. The minimum absolute atomic E-state index is 0.0388. The van der Waals surface area contributed by atoms with Gasteiger partial charge >= 0.3 is 5.97 Å². The Hall–Kier alpha value is -3.02. The van der Waals surface area contributed by atoms with Crippen LogP contribution in [0.3, 0.4) is 0 Å². The van der Waals surface area contributed by atoms with Crippen LogP contribution in [0, 0.1) is 11.8 Å². The molecule has 11 heteroatoms. The highest BCUT2D eigenvalue weighted by Gasteiger charge is 2.77. The second-order valence-corrected chi connectivity index (χ2v) is 14.0. The van der Waals surface area contributed by atoms with E-state index in [1.165, 1.54) is 4.90 Å². The third-order valence-corrected chi connectivity index (χ3v) is 10.8. The number of carbonyl (C=O) groups is 4. The number of nitrogens with zero attached hydrogens (tertiary/aromatic N) is 2. The highest BCUT2D eigenvalue weighted by Crippen LogP contribution is 2.60. The Kier molecular flexibility index (Phi) is 11.4. The number of carbonyl (C=O) groups excluding carboxylic acids is 4. The summed E-state index contributed by atoms with van der Waals surface area (Å²) in [5.41, 5.74) is -0.515. The van der Waals surface area contributed by atoms with E-state index in [0.717, 1.165) is 32.1 Å². The maximum absolute atomic E-state index is 14.6. The average molecular weight is 701 g/mol. The van der Waals surface area contributed by atoms with Crippen molar-refractivity contribution >= 4 is 39.6 Å². The summed E-state index contributed by atoms with van der Waals surface area (Å²) in [6.07, 6.45) is 8.37. The molecule has 7 atom stereocenters. The van der Waals surface area contributed by atoms with E-state index in [4.69, 9.17) is 9.47 Å². The zero-order valence-electron chi connectivity index (χ0n) is 26.4. The predicted octanol–water partition coefficient (Wildman–Crippen LogP) is 3.83. The second-order valence-electron chi connectivity index (χ2n) is 12.8. The van der Waals surface area contributed by atoms with Crippen molar-refractivity contribution in [3.63, 3.8) is 0 Å². The van der Waals surface area contributed by atoms with Crippen LogP contribution in [-0.4, -0.2) is 93.5 Å². The van der Waals surface area contributed by atoms with Crippen LogP contribution in [0.1, 0.15) is 69.5 Å². The Morgan fingerprint density at radius 3 is 2.59 bits per heavy atom. The van der Waals surface area contributed by atoms with Gasteiger partial charge in [-0.15, -0.1) is 13.2 Å². The van der Waals surface area contributed by atoms with Gasteiger partial charge in [-0.25, -0.2) is 0 Å². The lowest BCUT2D eigenvalue weighted by atomic mass is 9.70. The Balaban J connectivity index is 1.44. The number of esters is 1. The lowest BCUT2D eigenvalue weighted by Gasteiger charge is -2.41.